The molecular weight excluding hydrogens is 198 g/mol. The van der Waals surface area contributed by atoms with Gasteiger partial charge in [0.2, 0.25) is 0 Å². The van der Waals surface area contributed by atoms with Crippen molar-refractivity contribution in [3.8, 4) is 0 Å². The van der Waals surface area contributed by atoms with E-state index in [1.54, 1.807) is 6.20 Å². The molecule has 0 spiro atoms. The van der Waals surface area contributed by atoms with Gasteiger partial charge in [-0.2, -0.15) is 5.10 Å². The average Bonchev–Trinajstić information content (AvgIpc) is 2.83. The fourth-order valence-corrected chi connectivity index (χ4v) is 1.63. The minimum atomic E-state index is 0.816. The Bertz CT molecular complexity index is 420. The summed E-state index contributed by atoms with van der Waals surface area (Å²) in [6.45, 7) is 5.43. The number of nitrogens with one attached hydrogen (secondary N) is 1. The highest BCUT2D eigenvalue weighted by Crippen LogP contribution is 2.15. The molecule has 82 valence electrons. The molecule has 3 nitrogen and oxygen atoms in total. The van der Waals surface area contributed by atoms with Crippen molar-refractivity contribution < 1.29 is 0 Å². The molecule has 3 heteroatoms. The molecule has 1 heterocycles. The molecule has 16 heavy (non-hydrogen) atoms. The SMILES string of the molecule is C=CCN(Cc1ccn[nH]1)c1ccccc1. The van der Waals surface area contributed by atoms with E-state index in [4.69, 9.17) is 0 Å². The van der Waals surface area contributed by atoms with Crippen LogP contribution in [0, 0.1) is 0 Å². The monoisotopic (exact) mass is 213 g/mol. The number of hydrogen-bond donors (Lipinski definition) is 1. The Balaban J connectivity index is 2.14. The van der Waals surface area contributed by atoms with Gasteiger partial charge in [0, 0.05) is 18.4 Å². The van der Waals surface area contributed by atoms with E-state index in [0.29, 0.717) is 0 Å². The van der Waals surface area contributed by atoms with Gasteiger partial charge >= 0.3 is 0 Å². The van der Waals surface area contributed by atoms with E-state index in [0.717, 1.165) is 18.8 Å². The van der Waals surface area contributed by atoms with E-state index in [9.17, 15) is 0 Å². The predicted octanol–water partition coefficient (Wildman–Crippen LogP) is 2.60. The number of aromatic nitrogens is 2. The summed E-state index contributed by atoms with van der Waals surface area (Å²) >= 11 is 0. The van der Waals surface area contributed by atoms with Gasteiger partial charge in [0.25, 0.3) is 0 Å². The summed E-state index contributed by atoms with van der Waals surface area (Å²) in [5.41, 5.74) is 2.29. The van der Waals surface area contributed by atoms with Crippen LogP contribution in [-0.2, 0) is 6.54 Å². The normalized spacial score (nSPS) is 10.0. The fraction of sp³-hybridized carbons (Fsp3) is 0.154. The summed E-state index contributed by atoms with van der Waals surface area (Å²) in [6.07, 6.45) is 3.68. The second-order valence-electron chi connectivity index (χ2n) is 3.59. The van der Waals surface area contributed by atoms with E-state index in [1.807, 2.05) is 30.3 Å². The van der Waals surface area contributed by atoms with E-state index >= 15 is 0 Å². The Hall–Kier alpha value is -2.03. The molecule has 0 radical (unpaired) electrons. The smallest absolute Gasteiger partial charge is 0.0599 e. The van der Waals surface area contributed by atoms with E-state index in [2.05, 4.69) is 33.8 Å². The van der Waals surface area contributed by atoms with Crippen molar-refractivity contribution in [1.29, 1.82) is 0 Å². The molecule has 1 aromatic carbocycles. The van der Waals surface area contributed by atoms with Gasteiger partial charge in [-0.1, -0.05) is 24.3 Å². The first-order chi connectivity index (χ1) is 7.90. The first kappa shape index (κ1) is 10.5. The number of nitrogens with zero attached hydrogens (tertiary/aromatic N) is 2. The minimum absolute atomic E-state index is 0.816. The zero-order valence-electron chi connectivity index (χ0n) is 9.13. The van der Waals surface area contributed by atoms with Gasteiger partial charge in [-0.15, -0.1) is 6.58 Å². The van der Waals surface area contributed by atoms with Crippen LogP contribution in [0.3, 0.4) is 0 Å². The average molecular weight is 213 g/mol. The maximum absolute atomic E-state index is 3.95. The van der Waals surface area contributed by atoms with Crippen LogP contribution in [0.1, 0.15) is 5.69 Å². The number of H-pyrrole nitrogens is 1. The molecule has 0 saturated carbocycles. The summed E-state index contributed by atoms with van der Waals surface area (Å²) in [6, 6.07) is 12.3. The maximum Gasteiger partial charge on any atom is 0.0599 e. The standard InChI is InChI=1S/C13H15N3/c1-2-10-16(11-12-8-9-14-15-12)13-6-4-3-5-7-13/h2-9H,1,10-11H2,(H,14,15). The molecule has 0 aliphatic carbocycles. The lowest BCUT2D eigenvalue weighted by Gasteiger charge is -2.22. The Morgan fingerprint density at radius 3 is 2.69 bits per heavy atom. The van der Waals surface area contributed by atoms with Crippen LogP contribution < -0.4 is 4.90 Å². The van der Waals surface area contributed by atoms with Gasteiger partial charge in [0.15, 0.2) is 0 Å². The van der Waals surface area contributed by atoms with Crippen molar-refractivity contribution in [2.24, 2.45) is 0 Å². The lowest BCUT2D eigenvalue weighted by molar-refractivity contribution is 0.830. The Morgan fingerprint density at radius 1 is 1.25 bits per heavy atom. The van der Waals surface area contributed by atoms with Gasteiger partial charge in [-0.25, -0.2) is 0 Å². The Labute approximate surface area is 95.4 Å². The highest BCUT2D eigenvalue weighted by molar-refractivity contribution is 5.46. The third-order valence-electron chi connectivity index (χ3n) is 2.39. The minimum Gasteiger partial charge on any atom is -0.362 e. The second-order valence-corrected chi connectivity index (χ2v) is 3.59. The summed E-state index contributed by atoms with van der Waals surface area (Å²) in [4.78, 5) is 2.24. The predicted molar refractivity (Wildman–Crippen MR) is 66.3 cm³/mol. The van der Waals surface area contributed by atoms with Crippen molar-refractivity contribution >= 4 is 5.69 Å². The largest absolute Gasteiger partial charge is 0.362 e. The van der Waals surface area contributed by atoms with E-state index in [-0.39, 0.29) is 0 Å². The van der Waals surface area contributed by atoms with Crippen molar-refractivity contribution in [2.45, 2.75) is 6.54 Å². The number of aromatic amines is 1. The highest BCUT2D eigenvalue weighted by Gasteiger charge is 2.05. The Kier molecular flexibility index (Phi) is 3.38. The van der Waals surface area contributed by atoms with Gasteiger partial charge < -0.3 is 4.90 Å². The lowest BCUT2D eigenvalue weighted by Crippen LogP contribution is -2.22. The summed E-state index contributed by atoms with van der Waals surface area (Å²) in [5.74, 6) is 0. The highest BCUT2D eigenvalue weighted by atomic mass is 15.2. The zero-order valence-corrected chi connectivity index (χ0v) is 9.13. The second kappa shape index (κ2) is 5.16. The Morgan fingerprint density at radius 2 is 2.06 bits per heavy atom. The molecule has 2 rings (SSSR count). The topological polar surface area (TPSA) is 31.9 Å². The van der Waals surface area contributed by atoms with Crippen LogP contribution in [-0.4, -0.2) is 16.7 Å². The number of para-hydroxylation sites is 1. The molecule has 1 N–H and O–H groups in total. The maximum atomic E-state index is 3.95. The number of anilines is 1. The zero-order chi connectivity index (χ0) is 11.2. The number of hydrogen-bond acceptors (Lipinski definition) is 2. The molecule has 0 amide bonds. The molecule has 1 aromatic heterocycles. The van der Waals surface area contributed by atoms with E-state index < -0.39 is 0 Å². The van der Waals surface area contributed by atoms with Crippen LogP contribution in [0.4, 0.5) is 5.69 Å². The number of rotatable bonds is 5. The van der Waals surface area contributed by atoms with Crippen molar-refractivity contribution in [2.75, 3.05) is 11.4 Å². The van der Waals surface area contributed by atoms with Gasteiger partial charge in [0.05, 0.1) is 12.2 Å². The van der Waals surface area contributed by atoms with Gasteiger partial charge in [-0.05, 0) is 18.2 Å². The van der Waals surface area contributed by atoms with Crippen LogP contribution in [0.2, 0.25) is 0 Å². The molecule has 0 aliphatic rings. The molecular formula is C13H15N3. The van der Waals surface area contributed by atoms with Crippen molar-refractivity contribution in [1.82, 2.24) is 10.2 Å². The molecule has 0 saturated heterocycles. The quantitative estimate of drug-likeness (QED) is 0.774. The van der Waals surface area contributed by atoms with E-state index in [1.165, 1.54) is 5.69 Å². The van der Waals surface area contributed by atoms with Crippen molar-refractivity contribution in [3.63, 3.8) is 0 Å². The van der Waals surface area contributed by atoms with Crippen LogP contribution in [0.5, 0.6) is 0 Å². The first-order valence-electron chi connectivity index (χ1n) is 5.29. The fourth-order valence-electron chi connectivity index (χ4n) is 1.63. The molecule has 0 aliphatic heterocycles. The number of benzene rings is 1. The van der Waals surface area contributed by atoms with Gasteiger partial charge in [-0.3, -0.25) is 5.10 Å². The van der Waals surface area contributed by atoms with Crippen molar-refractivity contribution in [3.05, 3.63) is 60.9 Å². The summed E-state index contributed by atoms with van der Waals surface area (Å²) in [7, 11) is 0. The lowest BCUT2D eigenvalue weighted by atomic mass is 10.2. The molecule has 2 aromatic rings. The third kappa shape index (κ3) is 2.51. The summed E-state index contributed by atoms with van der Waals surface area (Å²) < 4.78 is 0. The third-order valence-corrected chi connectivity index (χ3v) is 2.39. The molecule has 0 fully saturated rings. The molecule has 0 unspecified atom stereocenters. The van der Waals surface area contributed by atoms with Crippen LogP contribution >= 0.6 is 0 Å². The van der Waals surface area contributed by atoms with Crippen LogP contribution in [0.25, 0.3) is 0 Å². The molecule has 0 bridgehead atoms. The first-order valence-corrected chi connectivity index (χ1v) is 5.29. The molecule has 0 atom stereocenters. The van der Waals surface area contributed by atoms with Crippen LogP contribution in [0.15, 0.2) is 55.3 Å². The van der Waals surface area contributed by atoms with Gasteiger partial charge in [0.1, 0.15) is 0 Å². The summed E-state index contributed by atoms with van der Waals surface area (Å²) in [5, 5.41) is 6.92.